The van der Waals surface area contributed by atoms with Gasteiger partial charge < -0.3 is 14.6 Å². The number of hydrogen-bond acceptors (Lipinski definition) is 4. The van der Waals surface area contributed by atoms with Crippen LogP contribution in [0.3, 0.4) is 0 Å². The lowest BCUT2D eigenvalue weighted by molar-refractivity contribution is 0.0690. The van der Waals surface area contributed by atoms with Crippen LogP contribution in [0, 0.1) is 0 Å². The Hall–Kier alpha value is -2.50. The third-order valence-corrected chi connectivity index (χ3v) is 3.03. The molecule has 2 rings (SSSR count). The van der Waals surface area contributed by atoms with Gasteiger partial charge in [-0.1, -0.05) is 6.92 Å². The molecule has 1 heterocycles. The molecule has 6 nitrogen and oxygen atoms in total. The van der Waals surface area contributed by atoms with Gasteiger partial charge in [-0.15, -0.1) is 0 Å². The zero-order valence-electron chi connectivity index (χ0n) is 11.6. The van der Waals surface area contributed by atoms with E-state index in [0.29, 0.717) is 22.8 Å². The van der Waals surface area contributed by atoms with Gasteiger partial charge in [-0.25, -0.2) is 4.79 Å². The Bertz CT molecular complexity index is 634. The molecule has 0 spiro atoms. The molecule has 0 atom stereocenters. The van der Waals surface area contributed by atoms with Gasteiger partial charge in [0.1, 0.15) is 5.69 Å². The fourth-order valence-electron chi connectivity index (χ4n) is 1.99. The fraction of sp³-hybridized carbons (Fsp3) is 0.286. The first-order valence-corrected chi connectivity index (χ1v) is 6.14. The standard InChI is InChI=1S/C14H16N2O4/c1-4-8-5-9(13(20-3)12(6-8)19-2)10-7-11(14(17)18)16-15-10/h5-7H,4H2,1-3H3,(H,15,16)(H,17,18). The van der Waals surface area contributed by atoms with Gasteiger partial charge >= 0.3 is 5.97 Å². The summed E-state index contributed by atoms with van der Waals surface area (Å²) < 4.78 is 10.7. The predicted octanol–water partition coefficient (Wildman–Crippen LogP) is 2.35. The average Bonchev–Trinajstić information content (AvgIpc) is 2.95. The second-order valence-electron chi connectivity index (χ2n) is 4.20. The quantitative estimate of drug-likeness (QED) is 0.875. The lowest BCUT2D eigenvalue weighted by Gasteiger charge is -2.13. The summed E-state index contributed by atoms with van der Waals surface area (Å²) in [6, 6.07) is 5.29. The number of H-pyrrole nitrogens is 1. The van der Waals surface area contributed by atoms with Gasteiger partial charge in [0.15, 0.2) is 11.5 Å². The average molecular weight is 276 g/mol. The van der Waals surface area contributed by atoms with Gasteiger partial charge in [0.05, 0.1) is 19.9 Å². The van der Waals surface area contributed by atoms with Crippen LogP contribution in [0.25, 0.3) is 11.3 Å². The van der Waals surface area contributed by atoms with E-state index < -0.39 is 5.97 Å². The zero-order chi connectivity index (χ0) is 14.7. The van der Waals surface area contributed by atoms with Crippen molar-refractivity contribution in [2.45, 2.75) is 13.3 Å². The molecule has 2 N–H and O–H groups in total. The zero-order valence-corrected chi connectivity index (χ0v) is 11.6. The van der Waals surface area contributed by atoms with E-state index in [-0.39, 0.29) is 5.69 Å². The van der Waals surface area contributed by atoms with Gasteiger partial charge in [-0.3, -0.25) is 5.10 Å². The highest BCUT2D eigenvalue weighted by Crippen LogP contribution is 2.38. The summed E-state index contributed by atoms with van der Waals surface area (Å²) in [5, 5.41) is 15.5. The van der Waals surface area contributed by atoms with Gasteiger partial charge in [0.25, 0.3) is 0 Å². The summed E-state index contributed by atoms with van der Waals surface area (Å²) in [5.41, 5.74) is 2.29. The molecule has 106 valence electrons. The van der Waals surface area contributed by atoms with Crippen molar-refractivity contribution >= 4 is 5.97 Å². The Balaban J connectivity index is 2.60. The number of nitrogens with zero attached hydrogens (tertiary/aromatic N) is 1. The molecule has 2 aromatic rings. The summed E-state index contributed by atoms with van der Waals surface area (Å²) in [6.45, 7) is 2.03. The van der Waals surface area contributed by atoms with E-state index in [4.69, 9.17) is 14.6 Å². The second-order valence-corrected chi connectivity index (χ2v) is 4.20. The van der Waals surface area contributed by atoms with E-state index in [9.17, 15) is 4.79 Å². The number of benzene rings is 1. The molecular formula is C14H16N2O4. The molecule has 0 aliphatic carbocycles. The van der Waals surface area contributed by atoms with Crippen LogP contribution in [0.1, 0.15) is 23.0 Å². The van der Waals surface area contributed by atoms with Gasteiger partial charge in [-0.05, 0) is 30.2 Å². The van der Waals surface area contributed by atoms with E-state index in [1.807, 2.05) is 19.1 Å². The van der Waals surface area contributed by atoms with Crippen molar-refractivity contribution in [1.29, 1.82) is 0 Å². The van der Waals surface area contributed by atoms with Crippen LogP contribution in [-0.4, -0.2) is 35.5 Å². The van der Waals surface area contributed by atoms with Crippen molar-refractivity contribution < 1.29 is 19.4 Å². The van der Waals surface area contributed by atoms with Gasteiger partial charge in [-0.2, -0.15) is 5.10 Å². The number of carboxylic acids is 1. The fourth-order valence-corrected chi connectivity index (χ4v) is 1.99. The number of aromatic nitrogens is 2. The number of carboxylic acid groups (broad SMARTS) is 1. The van der Waals surface area contributed by atoms with E-state index in [2.05, 4.69) is 10.2 Å². The molecule has 0 fully saturated rings. The number of methoxy groups -OCH3 is 2. The number of hydrogen-bond donors (Lipinski definition) is 2. The minimum Gasteiger partial charge on any atom is -0.493 e. The first kappa shape index (κ1) is 13.9. The predicted molar refractivity (Wildman–Crippen MR) is 73.5 cm³/mol. The Kier molecular flexibility index (Phi) is 3.93. The summed E-state index contributed by atoms with van der Waals surface area (Å²) in [5.74, 6) is 0.0798. The summed E-state index contributed by atoms with van der Waals surface area (Å²) in [4.78, 5) is 10.9. The summed E-state index contributed by atoms with van der Waals surface area (Å²) in [7, 11) is 3.10. The van der Waals surface area contributed by atoms with E-state index in [1.54, 1.807) is 7.11 Å². The maximum atomic E-state index is 10.9. The Morgan fingerprint density at radius 2 is 2.05 bits per heavy atom. The number of aromatic carboxylic acids is 1. The second kappa shape index (κ2) is 5.64. The normalized spacial score (nSPS) is 10.3. The van der Waals surface area contributed by atoms with Crippen molar-refractivity contribution in [1.82, 2.24) is 10.2 Å². The van der Waals surface area contributed by atoms with Crippen molar-refractivity contribution in [3.05, 3.63) is 29.5 Å². The molecule has 0 saturated carbocycles. The molecule has 20 heavy (non-hydrogen) atoms. The molecule has 0 saturated heterocycles. The van der Waals surface area contributed by atoms with Gasteiger partial charge in [0.2, 0.25) is 0 Å². The smallest absolute Gasteiger partial charge is 0.353 e. The van der Waals surface area contributed by atoms with E-state index in [0.717, 1.165) is 12.0 Å². The minimum absolute atomic E-state index is 0.0305. The molecule has 6 heteroatoms. The van der Waals surface area contributed by atoms with Crippen molar-refractivity contribution in [2.75, 3.05) is 14.2 Å². The maximum Gasteiger partial charge on any atom is 0.353 e. The first-order chi connectivity index (χ1) is 9.60. The van der Waals surface area contributed by atoms with Crippen LogP contribution < -0.4 is 9.47 Å². The Morgan fingerprint density at radius 1 is 1.30 bits per heavy atom. The summed E-state index contributed by atoms with van der Waals surface area (Å²) in [6.07, 6.45) is 0.823. The van der Waals surface area contributed by atoms with Crippen molar-refractivity contribution in [3.8, 4) is 22.8 Å². The van der Waals surface area contributed by atoms with Crippen molar-refractivity contribution in [3.63, 3.8) is 0 Å². The molecular weight excluding hydrogens is 260 g/mol. The van der Waals surface area contributed by atoms with Crippen LogP contribution in [0.2, 0.25) is 0 Å². The molecule has 0 aliphatic heterocycles. The molecule has 0 radical (unpaired) electrons. The topological polar surface area (TPSA) is 84.4 Å². The Labute approximate surface area is 116 Å². The SMILES string of the molecule is CCc1cc(OC)c(OC)c(-c2cc(C(=O)O)[nH]n2)c1. The molecule has 0 amide bonds. The lowest BCUT2D eigenvalue weighted by Crippen LogP contribution is -1.96. The number of rotatable bonds is 5. The van der Waals surface area contributed by atoms with Crippen LogP contribution in [0.4, 0.5) is 0 Å². The first-order valence-electron chi connectivity index (χ1n) is 6.14. The van der Waals surface area contributed by atoms with Crippen molar-refractivity contribution in [2.24, 2.45) is 0 Å². The molecule has 1 aromatic carbocycles. The highest BCUT2D eigenvalue weighted by Gasteiger charge is 2.17. The molecule has 0 bridgehead atoms. The summed E-state index contributed by atoms with van der Waals surface area (Å²) >= 11 is 0. The van der Waals surface area contributed by atoms with Crippen LogP contribution >= 0.6 is 0 Å². The highest BCUT2D eigenvalue weighted by atomic mass is 16.5. The number of aromatic amines is 1. The van der Waals surface area contributed by atoms with Crippen LogP contribution in [-0.2, 0) is 6.42 Å². The number of carbonyl (C=O) groups is 1. The van der Waals surface area contributed by atoms with E-state index in [1.165, 1.54) is 13.2 Å². The highest BCUT2D eigenvalue weighted by molar-refractivity contribution is 5.87. The third kappa shape index (κ3) is 2.45. The Morgan fingerprint density at radius 3 is 2.55 bits per heavy atom. The molecule has 1 aromatic heterocycles. The number of aryl methyl sites for hydroxylation is 1. The van der Waals surface area contributed by atoms with Crippen LogP contribution in [0.15, 0.2) is 18.2 Å². The minimum atomic E-state index is -1.05. The monoisotopic (exact) mass is 276 g/mol. The molecule has 0 unspecified atom stereocenters. The largest absolute Gasteiger partial charge is 0.493 e. The maximum absolute atomic E-state index is 10.9. The lowest BCUT2D eigenvalue weighted by atomic mass is 10.0. The number of ether oxygens (including phenoxy) is 2. The van der Waals surface area contributed by atoms with Crippen LogP contribution in [0.5, 0.6) is 11.5 Å². The molecule has 0 aliphatic rings. The third-order valence-electron chi connectivity index (χ3n) is 3.03. The number of nitrogens with one attached hydrogen (secondary N) is 1. The van der Waals surface area contributed by atoms with Gasteiger partial charge in [0, 0.05) is 5.56 Å². The van der Waals surface area contributed by atoms with E-state index >= 15 is 0 Å².